The lowest BCUT2D eigenvalue weighted by atomic mass is 10.1. The van der Waals surface area contributed by atoms with Crippen LogP contribution in [0.2, 0.25) is 0 Å². The number of benzene rings is 2. The Balaban J connectivity index is 1.59. The highest BCUT2D eigenvalue weighted by Crippen LogP contribution is 2.28. The van der Waals surface area contributed by atoms with Crippen LogP contribution in [-0.2, 0) is 9.53 Å². The molecule has 0 spiro atoms. The Bertz CT molecular complexity index is 1080. The lowest BCUT2D eigenvalue weighted by molar-refractivity contribution is -0.144. The number of aryl methyl sites for hydroxylation is 1. The average Bonchev–Trinajstić information content (AvgIpc) is 3.05. The van der Waals surface area contributed by atoms with Crippen molar-refractivity contribution < 1.29 is 28.6 Å². The number of carbonyl (C=O) groups is 3. The third kappa shape index (κ3) is 4.45. The van der Waals surface area contributed by atoms with E-state index in [2.05, 4.69) is 4.98 Å². The predicted molar refractivity (Wildman–Crippen MR) is 107 cm³/mol. The molecule has 0 atom stereocenters. The Morgan fingerprint density at radius 2 is 1.76 bits per heavy atom. The van der Waals surface area contributed by atoms with Gasteiger partial charge in [0.1, 0.15) is 0 Å². The SMILES string of the molecule is COc1cc(C(C)=O)ccc1OCC(=O)OCC(=O)c1c(C)[nH]c2ccccc12. The molecule has 1 aromatic heterocycles. The van der Waals surface area contributed by atoms with E-state index in [1.807, 2.05) is 24.3 Å². The second kappa shape index (κ2) is 8.60. The fourth-order valence-corrected chi connectivity index (χ4v) is 3.04. The van der Waals surface area contributed by atoms with Crippen LogP contribution in [0.15, 0.2) is 42.5 Å². The quantitative estimate of drug-likeness (QED) is 0.463. The van der Waals surface area contributed by atoms with Gasteiger partial charge < -0.3 is 19.2 Å². The van der Waals surface area contributed by atoms with Gasteiger partial charge in [-0.2, -0.15) is 0 Å². The molecule has 0 unspecified atom stereocenters. The summed E-state index contributed by atoms with van der Waals surface area (Å²) in [6.07, 6.45) is 0. The number of Topliss-reactive ketones (excluding diaryl/α,β-unsaturated/α-hetero) is 2. The minimum absolute atomic E-state index is 0.111. The van der Waals surface area contributed by atoms with Crippen LogP contribution in [0.3, 0.4) is 0 Å². The maximum absolute atomic E-state index is 12.5. The van der Waals surface area contributed by atoms with Gasteiger partial charge in [-0.05, 0) is 38.1 Å². The van der Waals surface area contributed by atoms with Crippen molar-refractivity contribution in [3.8, 4) is 11.5 Å². The first kappa shape index (κ1) is 20.1. The molecule has 0 fully saturated rings. The minimum Gasteiger partial charge on any atom is -0.493 e. The zero-order valence-corrected chi connectivity index (χ0v) is 16.4. The number of esters is 1. The number of aromatic amines is 1. The minimum atomic E-state index is -0.687. The molecule has 1 heterocycles. The van der Waals surface area contributed by atoms with Gasteiger partial charge in [-0.1, -0.05) is 18.2 Å². The van der Waals surface area contributed by atoms with E-state index >= 15 is 0 Å². The summed E-state index contributed by atoms with van der Waals surface area (Å²) in [6, 6.07) is 12.1. The number of nitrogens with one attached hydrogen (secondary N) is 1. The van der Waals surface area contributed by atoms with Crippen molar-refractivity contribution in [1.82, 2.24) is 4.98 Å². The summed E-state index contributed by atoms with van der Waals surface area (Å²) in [6.45, 7) is 2.47. The fraction of sp³-hybridized carbons (Fsp3) is 0.227. The average molecular weight is 395 g/mol. The molecular weight excluding hydrogens is 374 g/mol. The summed E-state index contributed by atoms with van der Waals surface area (Å²) in [5, 5.41) is 0.789. The molecule has 0 amide bonds. The summed E-state index contributed by atoms with van der Waals surface area (Å²) in [5.41, 5.74) is 2.55. The summed E-state index contributed by atoms with van der Waals surface area (Å²) in [4.78, 5) is 39.1. The zero-order valence-electron chi connectivity index (χ0n) is 16.4. The molecule has 7 heteroatoms. The Labute approximate surface area is 167 Å². The van der Waals surface area contributed by atoms with Gasteiger partial charge >= 0.3 is 5.97 Å². The topological polar surface area (TPSA) is 94.7 Å². The van der Waals surface area contributed by atoms with Crippen LogP contribution in [-0.4, -0.2) is 42.8 Å². The summed E-state index contributed by atoms with van der Waals surface area (Å²) >= 11 is 0. The van der Waals surface area contributed by atoms with Crippen molar-refractivity contribution in [3.63, 3.8) is 0 Å². The third-order valence-electron chi connectivity index (χ3n) is 4.45. The largest absolute Gasteiger partial charge is 0.493 e. The molecule has 0 saturated carbocycles. The van der Waals surface area contributed by atoms with Gasteiger partial charge in [0.25, 0.3) is 0 Å². The Hall–Kier alpha value is -3.61. The first-order chi connectivity index (χ1) is 13.9. The van der Waals surface area contributed by atoms with E-state index in [1.165, 1.54) is 20.1 Å². The molecule has 2 aromatic carbocycles. The van der Waals surface area contributed by atoms with Gasteiger partial charge in [0.05, 0.1) is 7.11 Å². The van der Waals surface area contributed by atoms with Crippen LogP contribution >= 0.6 is 0 Å². The Kier molecular flexibility index (Phi) is 5.97. The molecule has 0 aliphatic heterocycles. The Morgan fingerprint density at radius 3 is 2.48 bits per heavy atom. The number of aromatic nitrogens is 1. The standard InChI is InChI=1S/C22H21NO6/c1-13-22(16-6-4-5-7-17(16)23-13)18(25)11-29-21(26)12-28-19-9-8-15(14(2)24)10-20(19)27-3/h4-10,23H,11-12H2,1-3H3. The Morgan fingerprint density at radius 1 is 1.00 bits per heavy atom. The first-order valence-electron chi connectivity index (χ1n) is 8.98. The number of ether oxygens (including phenoxy) is 3. The molecule has 1 N–H and O–H groups in total. The van der Waals surface area contributed by atoms with Crippen LogP contribution in [0, 0.1) is 6.92 Å². The fourth-order valence-electron chi connectivity index (χ4n) is 3.04. The summed E-state index contributed by atoms with van der Waals surface area (Å²) < 4.78 is 15.7. The maximum Gasteiger partial charge on any atom is 0.344 e. The molecular formula is C22H21NO6. The van der Waals surface area contributed by atoms with E-state index in [1.54, 1.807) is 19.1 Å². The van der Waals surface area contributed by atoms with E-state index in [-0.39, 0.29) is 18.2 Å². The number of ketones is 2. The molecule has 0 saturated heterocycles. The first-order valence-corrected chi connectivity index (χ1v) is 8.98. The van der Waals surface area contributed by atoms with Crippen LogP contribution in [0.25, 0.3) is 10.9 Å². The molecule has 7 nitrogen and oxygen atoms in total. The molecule has 3 aromatic rings. The van der Waals surface area contributed by atoms with Gasteiger partial charge in [0.2, 0.25) is 5.78 Å². The van der Waals surface area contributed by atoms with Gasteiger partial charge in [-0.3, -0.25) is 9.59 Å². The van der Waals surface area contributed by atoms with Crippen molar-refractivity contribution >= 4 is 28.4 Å². The number of fused-ring (bicyclic) bond motifs is 1. The zero-order chi connectivity index (χ0) is 21.0. The highest BCUT2D eigenvalue weighted by atomic mass is 16.6. The molecule has 0 radical (unpaired) electrons. The second-order valence-electron chi connectivity index (χ2n) is 6.46. The molecule has 0 aliphatic rings. The van der Waals surface area contributed by atoms with E-state index in [9.17, 15) is 14.4 Å². The van der Waals surface area contributed by atoms with E-state index < -0.39 is 12.6 Å². The molecule has 3 rings (SSSR count). The maximum atomic E-state index is 12.5. The lowest BCUT2D eigenvalue weighted by Gasteiger charge is -2.11. The lowest BCUT2D eigenvalue weighted by Crippen LogP contribution is -2.20. The molecule has 0 bridgehead atoms. The number of hydrogen-bond acceptors (Lipinski definition) is 6. The van der Waals surface area contributed by atoms with E-state index in [4.69, 9.17) is 14.2 Å². The summed E-state index contributed by atoms with van der Waals surface area (Å²) in [5.74, 6) is -0.463. The number of carbonyl (C=O) groups excluding carboxylic acids is 3. The highest BCUT2D eigenvalue weighted by molar-refractivity contribution is 6.10. The van der Waals surface area contributed by atoms with Gasteiger partial charge in [-0.15, -0.1) is 0 Å². The van der Waals surface area contributed by atoms with Crippen molar-refractivity contribution in [2.24, 2.45) is 0 Å². The normalized spacial score (nSPS) is 10.6. The monoisotopic (exact) mass is 395 g/mol. The molecule has 150 valence electrons. The van der Waals surface area contributed by atoms with Crippen molar-refractivity contribution in [3.05, 3.63) is 59.3 Å². The van der Waals surface area contributed by atoms with Crippen LogP contribution < -0.4 is 9.47 Å². The van der Waals surface area contributed by atoms with Crippen molar-refractivity contribution in [2.45, 2.75) is 13.8 Å². The van der Waals surface area contributed by atoms with Crippen LogP contribution in [0.5, 0.6) is 11.5 Å². The third-order valence-corrected chi connectivity index (χ3v) is 4.45. The number of para-hydroxylation sites is 1. The number of H-pyrrole nitrogens is 1. The summed E-state index contributed by atoms with van der Waals surface area (Å²) in [7, 11) is 1.44. The van der Waals surface area contributed by atoms with E-state index in [0.29, 0.717) is 22.6 Å². The van der Waals surface area contributed by atoms with Crippen LogP contribution in [0.1, 0.15) is 33.3 Å². The van der Waals surface area contributed by atoms with Crippen LogP contribution in [0.4, 0.5) is 0 Å². The van der Waals surface area contributed by atoms with E-state index in [0.717, 1.165) is 16.6 Å². The molecule has 29 heavy (non-hydrogen) atoms. The molecule has 0 aliphatic carbocycles. The second-order valence-corrected chi connectivity index (χ2v) is 6.46. The van der Waals surface area contributed by atoms with Gasteiger partial charge in [0, 0.05) is 27.7 Å². The predicted octanol–water partition coefficient (Wildman–Crippen LogP) is 3.49. The number of methoxy groups -OCH3 is 1. The highest BCUT2D eigenvalue weighted by Gasteiger charge is 2.18. The van der Waals surface area contributed by atoms with Gasteiger partial charge in [-0.25, -0.2) is 4.79 Å². The smallest absolute Gasteiger partial charge is 0.344 e. The van der Waals surface area contributed by atoms with Crippen molar-refractivity contribution in [2.75, 3.05) is 20.3 Å². The van der Waals surface area contributed by atoms with Crippen molar-refractivity contribution in [1.29, 1.82) is 0 Å². The number of hydrogen-bond donors (Lipinski definition) is 1. The number of rotatable bonds is 8. The van der Waals surface area contributed by atoms with Gasteiger partial charge in [0.15, 0.2) is 30.5 Å².